The summed E-state index contributed by atoms with van der Waals surface area (Å²) < 4.78 is 5.60. The molecule has 1 aromatic carbocycles. The number of carbonyl (C=O) groups excluding carboxylic acids is 1. The molecule has 1 aliphatic heterocycles. The Hall–Kier alpha value is -1.55. The SMILES string of the molecule is CCN(C(=O)CCOc1ccccc1)C1CCCNC1. The molecule has 1 aliphatic rings. The molecule has 0 aliphatic carbocycles. The maximum Gasteiger partial charge on any atom is 0.226 e. The highest BCUT2D eigenvalue weighted by atomic mass is 16.5. The second kappa shape index (κ2) is 7.90. The number of nitrogens with zero attached hydrogens (tertiary/aromatic N) is 1. The first-order chi connectivity index (χ1) is 9.81. The lowest BCUT2D eigenvalue weighted by Gasteiger charge is -2.34. The number of rotatable bonds is 6. The van der Waals surface area contributed by atoms with Crippen molar-refractivity contribution in [2.24, 2.45) is 0 Å². The predicted octanol–water partition coefficient (Wildman–Crippen LogP) is 2.06. The maximum atomic E-state index is 12.3. The fourth-order valence-electron chi connectivity index (χ4n) is 2.65. The summed E-state index contributed by atoms with van der Waals surface area (Å²) in [4.78, 5) is 14.3. The Kier molecular flexibility index (Phi) is 5.87. The number of nitrogens with one attached hydrogen (secondary N) is 1. The normalized spacial score (nSPS) is 18.6. The molecule has 1 atom stereocenters. The average Bonchev–Trinajstić information content (AvgIpc) is 2.50. The summed E-state index contributed by atoms with van der Waals surface area (Å²) in [5.41, 5.74) is 0. The topological polar surface area (TPSA) is 41.6 Å². The molecule has 1 heterocycles. The monoisotopic (exact) mass is 276 g/mol. The van der Waals surface area contributed by atoms with Crippen LogP contribution in [0, 0.1) is 0 Å². The molecule has 110 valence electrons. The molecule has 4 heteroatoms. The number of para-hydroxylation sites is 1. The van der Waals surface area contributed by atoms with Gasteiger partial charge in [0.2, 0.25) is 5.91 Å². The van der Waals surface area contributed by atoms with E-state index in [1.165, 1.54) is 0 Å². The van der Waals surface area contributed by atoms with Crippen molar-refractivity contribution in [2.75, 3.05) is 26.2 Å². The van der Waals surface area contributed by atoms with Crippen LogP contribution in [0.4, 0.5) is 0 Å². The van der Waals surface area contributed by atoms with Crippen LogP contribution in [0.25, 0.3) is 0 Å². The van der Waals surface area contributed by atoms with E-state index in [1.807, 2.05) is 42.2 Å². The maximum absolute atomic E-state index is 12.3. The third-order valence-electron chi connectivity index (χ3n) is 3.70. The standard InChI is InChI=1S/C16H24N2O2/c1-2-18(14-7-6-11-17-13-14)16(19)10-12-20-15-8-4-3-5-9-15/h3-5,8-9,14,17H,2,6-7,10-13H2,1H3. The van der Waals surface area contributed by atoms with E-state index >= 15 is 0 Å². The van der Waals surface area contributed by atoms with Crippen LogP contribution in [-0.4, -0.2) is 43.1 Å². The van der Waals surface area contributed by atoms with Gasteiger partial charge in [-0.1, -0.05) is 18.2 Å². The largest absolute Gasteiger partial charge is 0.493 e. The van der Waals surface area contributed by atoms with Gasteiger partial charge in [-0.05, 0) is 38.4 Å². The number of amides is 1. The molecule has 1 N–H and O–H groups in total. The number of hydrogen-bond donors (Lipinski definition) is 1. The molecule has 1 aromatic rings. The molecule has 4 nitrogen and oxygen atoms in total. The minimum atomic E-state index is 0.192. The zero-order chi connectivity index (χ0) is 14.2. The highest BCUT2D eigenvalue weighted by Crippen LogP contribution is 2.13. The summed E-state index contributed by atoms with van der Waals surface area (Å²) in [6.07, 6.45) is 2.69. The summed E-state index contributed by atoms with van der Waals surface area (Å²) >= 11 is 0. The van der Waals surface area contributed by atoms with Crippen molar-refractivity contribution in [3.05, 3.63) is 30.3 Å². The van der Waals surface area contributed by atoms with Crippen molar-refractivity contribution in [1.29, 1.82) is 0 Å². The van der Waals surface area contributed by atoms with E-state index in [0.717, 1.165) is 38.2 Å². The number of carbonyl (C=O) groups is 1. The van der Waals surface area contributed by atoms with Crippen molar-refractivity contribution >= 4 is 5.91 Å². The van der Waals surface area contributed by atoms with Crippen LogP contribution < -0.4 is 10.1 Å². The van der Waals surface area contributed by atoms with E-state index in [9.17, 15) is 4.79 Å². The minimum Gasteiger partial charge on any atom is -0.493 e. The van der Waals surface area contributed by atoms with E-state index in [0.29, 0.717) is 19.1 Å². The molecule has 0 aromatic heterocycles. The van der Waals surface area contributed by atoms with Gasteiger partial charge in [-0.2, -0.15) is 0 Å². The molecule has 20 heavy (non-hydrogen) atoms. The molecule has 1 fully saturated rings. The molecule has 1 unspecified atom stereocenters. The quantitative estimate of drug-likeness (QED) is 0.864. The fraction of sp³-hybridized carbons (Fsp3) is 0.562. The average molecular weight is 276 g/mol. The Morgan fingerprint density at radius 3 is 2.85 bits per heavy atom. The molecule has 0 radical (unpaired) electrons. The third kappa shape index (κ3) is 4.23. The van der Waals surface area contributed by atoms with Gasteiger partial charge in [0.25, 0.3) is 0 Å². The lowest BCUT2D eigenvalue weighted by atomic mass is 10.1. The first-order valence-electron chi connectivity index (χ1n) is 7.49. The van der Waals surface area contributed by atoms with E-state index in [1.54, 1.807) is 0 Å². The fourth-order valence-corrected chi connectivity index (χ4v) is 2.65. The zero-order valence-electron chi connectivity index (χ0n) is 12.2. The van der Waals surface area contributed by atoms with Crippen molar-refractivity contribution in [1.82, 2.24) is 10.2 Å². The zero-order valence-corrected chi connectivity index (χ0v) is 12.2. The second-order valence-electron chi connectivity index (χ2n) is 5.09. The van der Waals surface area contributed by atoms with Crippen molar-refractivity contribution < 1.29 is 9.53 Å². The van der Waals surface area contributed by atoms with Gasteiger partial charge in [-0.3, -0.25) is 4.79 Å². The minimum absolute atomic E-state index is 0.192. The molecule has 1 amide bonds. The van der Waals surface area contributed by atoms with Crippen LogP contribution >= 0.6 is 0 Å². The van der Waals surface area contributed by atoms with Gasteiger partial charge >= 0.3 is 0 Å². The highest BCUT2D eigenvalue weighted by molar-refractivity contribution is 5.76. The predicted molar refractivity (Wildman–Crippen MR) is 79.8 cm³/mol. The van der Waals surface area contributed by atoms with Gasteiger partial charge in [-0.25, -0.2) is 0 Å². The second-order valence-corrected chi connectivity index (χ2v) is 5.09. The van der Waals surface area contributed by atoms with Crippen LogP contribution in [-0.2, 0) is 4.79 Å². The first-order valence-corrected chi connectivity index (χ1v) is 7.49. The van der Waals surface area contributed by atoms with E-state index in [2.05, 4.69) is 5.32 Å². The lowest BCUT2D eigenvalue weighted by Crippen LogP contribution is -2.48. The van der Waals surface area contributed by atoms with Crippen molar-refractivity contribution in [3.8, 4) is 5.75 Å². The molecular weight excluding hydrogens is 252 g/mol. The summed E-state index contributed by atoms with van der Waals surface area (Å²) in [5.74, 6) is 1.01. The van der Waals surface area contributed by atoms with E-state index in [4.69, 9.17) is 4.74 Å². The smallest absolute Gasteiger partial charge is 0.226 e. The summed E-state index contributed by atoms with van der Waals surface area (Å²) in [6, 6.07) is 9.98. The molecular formula is C16H24N2O2. The Balaban J connectivity index is 1.77. The number of likely N-dealkylation sites (N-methyl/N-ethyl adjacent to an activating group) is 1. The number of benzene rings is 1. The van der Waals surface area contributed by atoms with Gasteiger partial charge in [0.1, 0.15) is 5.75 Å². The molecule has 2 rings (SSSR count). The lowest BCUT2D eigenvalue weighted by molar-refractivity contribution is -0.134. The molecule has 1 saturated heterocycles. The number of piperidine rings is 1. The Bertz CT molecular complexity index is 402. The Morgan fingerprint density at radius 1 is 1.40 bits per heavy atom. The van der Waals surface area contributed by atoms with Crippen LogP contribution in [0.3, 0.4) is 0 Å². The van der Waals surface area contributed by atoms with Gasteiger partial charge in [0.05, 0.1) is 13.0 Å². The van der Waals surface area contributed by atoms with Crippen LogP contribution in [0.15, 0.2) is 30.3 Å². The number of ether oxygens (including phenoxy) is 1. The highest BCUT2D eigenvalue weighted by Gasteiger charge is 2.23. The van der Waals surface area contributed by atoms with Crippen LogP contribution in [0.2, 0.25) is 0 Å². The summed E-state index contributed by atoms with van der Waals surface area (Å²) in [5, 5.41) is 3.36. The Labute approximate surface area is 121 Å². The van der Waals surface area contributed by atoms with E-state index < -0.39 is 0 Å². The van der Waals surface area contributed by atoms with Crippen LogP contribution in [0.5, 0.6) is 5.75 Å². The Morgan fingerprint density at radius 2 is 2.20 bits per heavy atom. The van der Waals surface area contributed by atoms with Crippen LogP contribution in [0.1, 0.15) is 26.2 Å². The van der Waals surface area contributed by atoms with Crippen molar-refractivity contribution in [3.63, 3.8) is 0 Å². The van der Waals surface area contributed by atoms with Crippen molar-refractivity contribution in [2.45, 2.75) is 32.2 Å². The van der Waals surface area contributed by atoms with E-state index in [-0.39, 0.29) is 5.91 Å². The van der Waals surface area contributed by atoms with Gasteiger partial charge < -0.3 is 15.0 Å². The first kappa shape index (κ1) is 14.9. The summed E-state index contributed by atoms with van der Waals surface area (Å²) in [6.45, 7) is 5.25. The van der Waals surface area contributed by atoms with Gasteiger partial charge in [0, 0.05) is 19.1 Å². The third-order valence-corrected chi connectivity index (χ3v) is 3.70. The number of hydrogen-bond acceptors (Lipinski definition) is 3. The molecule has 0 spiro atoms. The molecule has 0 saturated carbocycles. The van der Waals surface area contributed by atoms with Gasteiger partial charge in [0.15, 0.2) is 0 Å². The molecule has 0 bridgehead atoms. The summed E-state index contributed by atoms with van der Waals surface area (Å²) in [7, 11) is 0. The van der Waals surface area contributed by atoms with Gasteiger partial charge in [-0.15, -0.1) is 0 Å².